The Hall–Kier alpha value is -1.38. The zero-order valence-electron chi connectivity index (χ0n) is 11.9. The van der Waals surface area contributed by atoms with Crippen molar-refractivity contribution in [2.24, 2.45) is 5.41 Å². The van der Waals surface area contributed by atoms with Gasteiger partial charge in [-0.2, -0.15) is 5.26 Å². The number of hydrogen-bond acceptors (Lipinski definition) is 3. The number of rotatable bonds is 3. The van der Waals surface area contributed by atoms with Gasteiger partial charge in [0, 0.05) is 6.04 Å². The van der Waals surface area contributed by atoms with Gasteiger partial charge in [0.05, 0.1) is 16.5 Å². The number of nitrogens with zero attached hydrogens (tertiary/aromatic N) is 1. The van der Waals surface area contributed by atoms with Gasteiger partial charge in [-0.15, -0.1) is 0 Å². The highest BCUT2D eigenvalue weighted by Gasteiger charge is 2.35. The number of sulfonamides is 1. The van der Waals surface area contributed by atoms with Gasteiger partial charge < -0.3 is 0 Å². The first-order chi connectivity index (χ1) is 9.35. The van der Waals surface area contributed by atoms with Crippen molar-refractivity contribution in [3.8, 4) is 6.07 Å². The van der Waals surface area contributed by atoms with Crippen LogP contribution in [0.5, 0.6) is 0 Å². The van der Waals surface area contributed by atoms with Crippen molar-refractivity contribution in [3.05, 3.63) is 29.8 Å². The summed E-state index contributed by atoms with van der Waals surface area (Å²) in [6.45, 7) is 4.22. The molecule has 0 saturated heterocycles. The van der Waals surface area contributed by atoms with Crippen molar-refractivity contribution in [1.82, 2.24) is 4.72 Å². The van der Waals surface area contributed by atoms with Crippen LogP contribution in [0, 0.1) is 16.7 Å². The minimum absolute atomic E-state index is 0.0160. The smallest absolute Gasteiger partial charge is 0.208 e. The van der Waals surface area contributed by atoms with Crippen molar-refractivity contribution in [3.63, 3.8) is 0 Å². The van der Waals surface area contributed by atoms with E-state index >= 15 is 0 Å². The first-order valence-electron chi connectivity index (χ1n) is 6.88. The molecule has 5 heteroatoms. The standard InChI is InChI=1S/C15H20N2O2S/c1-15(2)10-4-3-5-14(15)17-20(18,19)13-8-6-12(11-16)7-9-13/h6-9,14,17H,3-5,10H2,1-2H3. The van der Waals surface area contributed by atoms with Gasteiger partial charge in [0.25, 0.3) is 0 Å². The minimum Gasteiger partial charge on any atom is -0.208 e. The fourth-order valence-electron chi connectivity index (χ4n) is 2.68. The van der Waals surface area contributed by atoms with E-state index in [1.807, 2.05) is 6.07 Å². The van der Waals surface area contributed by atoms with Gasteiger partial charge in [0.2, 0.25) is 10.0 Å². The summed E-state index contributed by atoms with van der Waals surface area (Å²) in [4.78, 5) is 0.220. The SMILES string of the molecule is CC1(C)CCCCC1NS(=O)(=O)c1ccc(C#N)cc1. The summed E-state index contributed by atoms with van der Waals surface area (Å²) >= 11 is 0. The number of hydrogen-bond donors (Lipinski definition) is 1. The second-order valence-electron chi connectivity index (χ2n) is 6.04. The first-order valence-corrected chi connectivity index (χ1v) is 8.36. The zero-order chi connectivity index (χ0) is 14.8. The lowest BCUT2D eigenvalue weighted by molar-refractivity contribution is 0.188. The van der Waals surface area contributed by atoms with Crippen LogP contribution in [-0.2, 0) is 10.0 Å². The highest BCUT2D eigenvalue weighted by molar-refractivity contribution is 7.89. The normalized spacial score (nSPS) is 22.1. The van der Waals surface area contributed by atoms with E-state index in [4.69, 9.17) is 5.26 Å². The largest absolute Gasteiger partial charge is 0.240 e. The quantitative estimate of drug-likeness (QED) is 0.931. The molecule has 2 rings (SSSR count). The third kappa shape index (κ3) is 3.20. The molecule has 1 aromatic carbocycles. The van der Waals surface area contributed by atoms with E-state index in [2.05, 4.69) is 18.6 Å². The lowest BCUT2D eigenvalue weighted by Gasteiger charge is -2.38. The maximum absolute atomic E-state index is 12.4. The van der Waals surface area contributed by atoms with Crippen LogP contribution in [0.4, 0.5) is 0 Å². The van der Waals surface area contributed by atoms with Crippen molar-refractivity contribution >= 4 is 10.0 Å². The Balaban J connectivity index is 2.20. The summed E-state index contributed by atoms with van der Waals surface area (Å²) in [7, 11) is -3.52. The van der Waals surface area contributed by atoms with E-state index in [-0.39, 0.29) is 16.4 Å². The Bertz CT molecular complexity index is 612. The molecule has 1 aliphatic rings. The van der Waals surface area contributed by atoms with Gasteiger partial charge >= 0.3 is 0 Å². The Labute approximate surface area is 120 Å². The average Bonchev–Trinajstić information content (AvgIpc) is 2.41. The lowest BCUT2D eigenvalue weighted by Crippen LogP contribution is -2.46. The second-order valence-corrected chi connectivity index (χ2v) is 7.76. The molecular formula is C15H20N2O2S. The average molecular weight is 292 g/mol. The van der Waals surface area contributed by atoms with Gasteiger partial charge in [-0.3, -0.25) is 0 Å². The van der Waals surface area contributed by atoms with Crippen LogP contribution >= 0.6 is 0 Å². The summed E-state index contributed by atoms with van der Waals surface area (Å²) in [6.07, 6.45) is 4.13. The Kier molecular flexibility index (Phi) is 4.17. The molecule has 1 unspecified atom stereocenters. The van der Waals surface area contributed by atoms with E-state index in [0.717, 1.165) is 25.7 Å². The fourth-order valence-corrected chi connectivity index (χ4v) is 4.12. The van der Waals surface area contributed by atoms with Gasteiger partial charge in [-0.1, -0.05) is 26.7 Å². The molecular weight excluding hydrogens is 272 g/mol. The van der Waals surface area contributed by atoms with Crippen LogP contribution in [0.1, 0.15) is 45.1 Å². The van der Waals surface area contributed by atoms with E-state index < -0.39 is 10.0 Å². The van der Waals surface area contributed by atoms with Crippen LogP contribution in [0.25, 0.3) is 0 Å². The molecule has 0 aliphatic heterocycles. The van der Waals surface area contributed by atoms with Crippen molar-refractivity contribution in [2.75, 3.05) is 0 Å². The van der Waals surface area contributed by atoms with Crippen molar-refractivity contribution in [2.45, 2.75) is 50.5 Å². The third-order valence-electron chi connectivity index (χ3n) is 4.10. The molecule has 1 aliphatic carbocycles. The predicted octanol–water partition coefficient (Wildman–Crippen LogP) is 2.81. The van der Waals surface area contributed by atoms with Crippen LogP contribution in [0.15, 0.2) is 29.2 Å². The molecule has 1 fully saturated rings. The van der Waals surface area contributed by atoms with E-state index in [0.29, 0.717) is 5.56 Å². The van der Waals surface area contributed by atoms with Crippen LogP contribution in [-0.4, -0.2) is 14.5 Å². The monoisotopic (exact) mass is 292 g/mol. The molecule has 0 heterocycles. The molecule has 1 aromatic rings. The highest BCUT2D eigenvalue weighted by atomic mass is 32.2. The van der Waals surface area contributed by atoms with Gasteiger partial charge in [0.1, 0.15) is 0 Å². The summed E-state index contributed by atoms with van der Waals surface area (Å²) < 4.78 is 27.6. The van der Waals surface area contributed by atoms with E-state index in [9.17, 15) is 8.42 Å². The topological polar surface area (TPSA) is 70.0 Å². The van der Waals surface area contributed by atoms with Crippen LogP contribution < -0.4 is 4.72 Å². The molecule has 0 radical (unpaired) electrons. The molecule has 0 amide bonds. The third-order valence-corrected chi connectivity index (χ3v) is 5.59. The zero-order valence-corrected chi connectivity index (χ0v) is 12.7. The molecule has 0 spiro atoms. The summed E-state index contributed by atoms with van der Waals surface area (Å²) in [5, 5.41) is 8.75. The van der Waals surface area contributed by atoms with Gasteiger partial charge in [-0.05, 0) is 42.5 Å². The second kappa shape index (κ2) is 5.55. The fraction of sp³-hybridized carbons (Fsp3) is 0.533. The van der Waals surface area contributed by atoms with Crippen LogP contribution in [0.3, 0.4) is 0 Å². The van der Waals surface area contributed by atoms with Gasteiger partial charge in [0.15, 0.2) is 0 Å². The van der Waals surface area contributed by atoms with Crippen molar-refractivity contribution in [1.29, 1.82) is 5.26 Å². The Morgan fingerprint density at radius 2 is 1.90 bits per heavy atom. The molecule has 1 atom stereocenters. The number of benzene rings is 1. The lowest BCUT2D eigenvalue weighted by atomic mass is 9.74. The summed E-state index contributed by atoms with van der Waals surface area (Å²) in [6, 6.07) is 7.98. The molecule has 0 bridgehead atoms. The van der Waals surface area contributed by atoms with E-state index in [1.54, 1.807) is 0 Å². The summed E-state index contributed by atoms with van der Waals surface area (Å²) in [5.74, 6) is 0. The molecule has 4 nitrogen and oxygen atoms in total. The molecule has 1 N–H and O–H groups in total. The maximum Gasteiger partial charge on any atom is 0.240 e. The predicted molar refractivity (Wildman–Crippen MR) is 77.5 cm³/mol. The maximum atomic E-state index is 12.4. The van der Waals surface area contributed by atoms with Crippen molar-refractivity contribution < 1.29 is 8.42 Å². The van der Waals surface area contributed by atoms with Crippen LogP contribution in [0.2, 0.25) is 0 Å². The van der Waals surface area contributed by atoms with Gasteiger partial charge in [-0.25, -0.2) is 13.1 Å². The first kappa shape index (κ1) is 15.0. The van der Waals surface area contributed by atoms with E-state index in [1.165, 1.54) is 24.3 Å². The number of nitriles is 1. The molecule has 0 aromatic heterocycles. The number of nitrogens with one attached hydrogen (secondary N) is 1. The minimum atomic E-state index is -3.52. The Morgan fingerprint density at radius 3 is 2.45 bits per heavy atom. The summed E-state index contributed by atoms with van der Waals surface area (Å²) in [5.41, 5.74) is 0.444. The highest BCUT2D eigenvalue weighted by Crippen LogP contribution is 2.36. The molecule has 108 valence electrons. The molecule has 1 saturated carbocycles. The molecule has 20 heavy (non-hydrogen) atoms. The Morgan fingerprint density at radius 1 is 1.25 bits per heavy atom.